The van der Waals surface area contributed by atoms with Crippen LogP contribution in [0.15, 0.2) is 12.0 Å². The summed E-state index contributed by atoms with van der Waals surface area (Å²) < 4.78 is 22.6. The first-order valence-electron chi connectivity index (χ1n) is 5.79. The lowest BCUT2D eigenvalue weighted by molar-refractivity contribution is -0.140. The van der Waals surface area contributed by atoms with E-state index in [0.29, 0.717) is 19.6 Å². The molecule has 0 bridgehead atoms. The number of likely N-dealkylation sites (N-methyl/N-ethyl adjacent to an activating group) is 1. The largest absolute Gasteiger partial charge is 0.340 e. The maximum Gasteiger partial charge on any atom is 0.239 e. The van der Waals surface area contributed by atoms with Gasteiger partial charge in [0.1, 0.15) is 0 Å². The molecule has 0 aromatic heterocycles. The molecule has 17 heavy (non-hydrogen) atoms. The van der Waals surface area contributed by atoms with Gasteiger partial charge in [0.15, 0.2) is 9.84 Å². The Kier molecular flexibility index (Phi) is 4.70. The van der Waals surface area contributed by atoms with E-state index in [1.807, 2.05) is 18.7 Å². The Morgan fingerprint density at radius 3 is 2.65 bits per heavy atom. The molecule has 1 aliphatic rings. The normalized spacial score (nSPS) is 22.8. The van der Waals surface area contributed by atoms with Gasteiger partial charge in [-0.1, -0.05) is 6.58 Å². The van der Waals surface area contributed by atoms with Gasteiger partial charge in [-0.2, -0.15) is 0 Å². The Bertz CT molecular complexity index is 392. The third-order valence-corrected chi connectivity index (χ3v) is 4.43. The Morgan fingerprint density at radius 2 is 2.12 bits per heavy atom. The van der Waals surface area contributed by atoms with Gasteiger partial charge in [0, 0.05) is 31.6 Å². The maximum absolute atomic E-state index is 11.9. The average Bonchev–Trinajstić information content (AvgIpc) is 2.31. The molecule has 0 spiro atoms. The molecule has 5 nitrogen and oxygen atoms in total. The molecule has 6 heteroatoms. The number of carbonyl (C=O) groups excluding carboxylic acids is 1. The van der Waals surface area contributed by atoms with Crippen molar-refractivity contribution in [3.05, 3.63) is 12.0 Å². The number of piperazine rings is 1. The minimum Gasteiger partial charge on any atom is -0.340 e. The molecule has 1 amide bonds. The summed E-state index contributed by atoms with van der Waals surface area (Å²) in [4.78, 5) is 15.6. The average molecular weight is 260 g/mol. The van der Waals surface area contributed by atoms with Crippen LogP contribution in [0.25, 0.3) is 0 Å². The zero-order chi connectivity index (χ0) is 13.1. The highest BCUT2D eigenvalue weighted by Gasteiger charge is 2.30. The predicted octanol–water partition coefficient (Wildman–Crippen LogP) is 0.0973. The lowest BCUT2D eigenvalue weighted by Gasteiger charge is -2.38. The molecule has 1 unspecified atom stereocenters. The molecule has 0 radical (unpaired) electrons. The van der Waals surface area contributed by atoms with Crippen molar-refractivity contribution in [2.24, 2.45) is 0 Å². The molecular formula is C11H20N2O3S. The molecular weight excluding hydrogens is 240 g/mol. The molecule has 1 fully saturated rings. The first-order valence-corrected chi connectivity index (χ1v) is 7.51. The van der Waals surface area contributed by atoms with Gasteiger partial charge < -0.3 is 4.90 Å². The third-order valence-electron chi connectivity index (χ3n) is 3.17. The summed E-state index contributed by atoms with van der Waals surface area (Å²) in [5.74, 6) is 0.106. The second-order valence-corrected chi connectivity index (χ2v) is 6.23. The summed E-state index contributed by atoms with van der Waals surface area (Å²) in [6.45, 7) is 9.55. The van der Waals surface area contributed by atoms with Crippen LogP contribution in [0, 0.1) is 0 Å². The molecule has 0 saturated carbocycles. The van der Waals surface area contributed by atoms with E-state index < -0.39 is 9.84 Å². The molecule has 0 N–H and O–H groups in total. The quantitative estimate of drug-likeness (QED) is 0.703. The highest BCUT2D eigenvalue weighted by atomic mass is 32.2. The van der Waals surface area contributed by atoms with Crippen molar-refractivity contribution in [2.75, 3.05) is 31.9 Å². The van der Waals surface area contributed by atoms with Crippen LogP contribution < -0.4 is 0 Å². The number of carbonyl (C=O) groups is 1. The maximum atomic E-state index is 11.9. The SMILES string of the molecule is C=CS(=O)(=O)CCN1CCN(CC)C(=O)C1C. The van der Waals surface area contributed by atoms with Crippen molar-refractivity contribution in [2.45, 2.75) is 19.9 Å². The van der Waals surface area contributed by atoms with E-state index in [9.17, 15) is 13.2 Å². The molecule has 98 valence electrons. The predicted molar refractivity (Wildman–Crippen MR) is 67.3 cm³/mol. The number of sulfone groups is 1. The van der Waals surface area contributed by atoms with Crippen LogP contribution in [0.1, 0.15) is 13.8 Å². The number of rotatable bonds is 5. The highest BCUT2D eigenvalue weighted by molar-refractivity contribution is 7.94. The Hall–Kier alpha value is -0.880. The second kappa shape index (κ2) is 5.64. The molecule has 0 aliphatic carbocycles. The van der Waals surface area contributed by atoms with Gasteiger partial charge in [-0.15, -0.1) is 0 Å². The first kappa shape index (κ1) is 14.2. The van der Waals surface area contributed by atoms with Crippen molar-refractivity contribution >= 4 is 15.7 Å². The minimum absolute atomic E-state index is 0.0280. The van der Waals surface area contributed by atoms with Crippen molar-refractivity contribution in [1.82, 2.24) is 9.80 Å². The smallest absolute Gasteiger partial charge is 0.239 e. The van der Waals surface area contributed by atoms with E-state index in [0.717, 1.165) is 12.0 Å². The number of nitrogens with zero attached hydrogens (tertiary/aromatic N) is 2. The van der Waals surface area contributed by atoms with Crippen LogP contribution in [-0.2, 0) is 14.6 Å². The molecule has 1 heterocycles. The second-order valence-electron chi connectivity index (χ2n) is 4.16. The van der Waals surface area contributed by atoms with E-state index in [1.54, 1.807) is 4.90 Å². The summed E-state index contributed by atoms with van der Waals surface area (Å²) in [7, 11) is -3.18. The Labute approximate surface area is 103 Å². The molecule has 0 aromatic carbocycles. The molecule has 1 saturated heterocycles. The summed E-state index contributed by atoms with van der Waals surface area (Å²) in [6, 6.07) is -0.233. The zero-order valence-corrected chi connectivity index (χ0v) is 11.2. The monoisotopic (exact) mass is 260 g/mol. The van der Waals surface area contributed by atoms with E-state index in [4.69, 9.17) is 0 Å². The Balaban J connectivity index is 2.57. The summed E-state index contributed by atoms with van der Waals surface area (Å²) in [5.41, 5.74) is 0. The van der Waals surface area contributed by atoms with Crippen LogP contribution in [0.2, 0.25) is 0 Å². The van der Waals surface area contributed by atoms with Gasteiger partial charge in [-0.25, -0.2) is 8.42 Å². The van der Waals surface area contributed by atoms with Gasteiger partial charge in [-0.3, -0.25) is 9.69 Å². The molecule has 0 aromatic rings. The van der Waals surface area contributed by atoms with E-state index in [2.05, 4.69) is 6.58 Å². The van der Waals surface area contributed by atoms with Crippen molar-refractivity contribution in [3.63, 3.8) is 0 Å². The summed E-state index contributed by atoms with van der Waals surface area (Å²) >= 11 is 0. The van der Waals surface area contributed by atoms with Crippen molar-refractivity contribution in [3.8, 4) is 0 Å². The van der Waals surface area contributed by atoms with E-state index >= 15 is 0 Å². The molecule has 1 atom stereocenters. The van der Waals surface area contributed by atoms with Crippen LogP contribution in [0.4, 0.5) is 0 Å². The summed E-state index contributed by atoms with van der Waals surface area (Å²) in [6.07, 6.45) is 0. The number of hydrogen-bond acceptors (Lipinski definition) is 4. The van der Waals surface area contributed by atoms with Gasteiger partial charge in [0.25, 0.3) is 0 Å². The van der Waals surface area contributed by atoms with Gasteiger partial charge in [0.05, 0.1) is 11.8 Å². The van der Waals surface area contributed by atoms with Crippen LogP contribution in [0.3, 0.4) is 0 Å². The highest BCUT2D eigenvalue weighted by Crippen LogP contribution is 2.11. The van der Waals surface area contributed by atoms with Gasteiger partial charge in [0.2, 0.25) is 5.91 Å². The Morgan fingerprint density at radius 1 is 1.47 bits per heavy atom. The van der Waals surface area contributed by atoms with Crippen LogP contribution in [0.5, 0.6) is 0 Å². The fraction of sp³-hybridized carbons (Fsp3) is 0.727. The van der Waals surface area contributed by atoms with Crippen molar-refractivity contribution < 1.29 is 13.2 Å². The molecule has 1 aliphatic heterocycles. The van der Waals surface area contributed by atoms with Crippen LogP contribution >= 0.6 is 0 Å². The number of hydrogen-bond donors (Lipinski definition) is 0. The third kappa shape index (κ3) is 3.54. The van der Waals surface area contributed by atoms with Gasteiger partial charge >= 0.3 is 0 Å². The lowest BCUT2D eigenvalue weighted by Crippen LogP contribution is -2.56. The lowest BCUT2D eigenvalue weighted by atomic mass is 10.2. The van der Waals surface area contributed by atoms with Gasteiger partial charge in [-0.05, 0) is 13.8 Å². The standard InChI is InChI=1S/C11H20N2O3S/c1-4-12-6-7-13(10(3)11(12)14)8-9-17(15,16)5-2/h5,10H,2,4,6-9H2,1,3H3. The van der Waals surface area contributed by atoms with Crippen LogP contribution in [-0.4, -0.2) is 62.1 Å². The fourth-order valence-electron chi connectivity index (χ4n) is 1.92. The topological polar surface area (TPSA) is 57.7 Å². The zero-order valence-electron chi connectivity index (χ0n) is 10.4. The van der Waals surface area contributed by atoms with Crippen molar-refractivity contribution in [1.29, 1.82) is 0 Å². The number of amides is 1. The fourth-order valence-corrected chi connectivity index (χ4v) is 2.58. The molecule has 1 rings (SSSR count). The first-order chi connectivity index (χ1) is 7.91. The summed E-state index contributed by atoms with van der Waals surface area (Å²) in [5, 5.41) is 0.974. The van der Waals surface area contributed by atoms with E-state index in [1.165, 1.54) is 0 Å². The minimum atomic E-state index is -3.18. The van der Waals surface area contributed by atoms with E-state index in [-0.39, 0.29) is 17.7 Å².